The van der Waals surface area contributed by atoms with Crippen molar-refractivity contribution in [3.05, 3.63) is 17.8 Å². The number of aromatic carboxylic acids is 1. The Hall–Kier alpha value is -1.82. The van der Waals surface area contributed by atoms with Crippen molar-refractivity contribution in [3.63, 3.8) is 0 Å². The number of nitrogens with two attached hydrogens (primary N) is 1. The highest BCUT2D eigenvalue weighted by atomic mass is 16.5. The van der Waals surface area contributed by atoms with Crippen molar-refractivity contribution in [2.24, 2.45) is 0 Å². The molecular weight excluding hydrogens is 210 g/mol. The van der Waals surface area contributed by atoms with Crippen LogP contribution >= 0.6 is 0 Å². The van der Waals surface area contributed by atoms with Gasteiger partial charge in [-0.2, -0.15) is 0 Å². The van der Waals surface area contributed by atoms with E-state index in [0.717, 1.165) is 6.54 Å². The molecule has 0 atom stereocenters. The van der Waals surface area contributed by atoms with Gasteiger partial charge in [-0.3, -0.25) is 0 Å². The first-order chi connectivity index (χ1) is 7.50. The minimum atomic E-state index is -1.09. The molecule has 6 heteroatoms. The zero-order chi connectivity index (χ0) is 12.1. The molecule has 0 aromatic carbocycles. The van der Waals surface area contributed by atoms with Gasteiger partial charge in [0, 0.05) is 12.6 Å². The largest absolute Gasteiger partial charge is 0.478 e. The maximum atomic E-state index is 10.8. The predicted octanol–water partition coefficient (Wildman–Crippen LogP) is 0.302. The molecule has 16 heavy (non-hydrogen) atoms. The van der Waals surface area contributed by atoms with E-state index in [0.29, 0.717) is 6.61 Å². The molecule has 1 heterocycles. The number of ether oxygens (including phenoxy) is 1. The third kappa shape index (κ3) is 3.39. The highest BCUT2D eigenvalue weighted by Gasteiger charge is 2.10. The Bertz CT molecular complexity index is 380. The van der Waals surface area contributed by atoms with Crippen molar-refractivity contribution in [2.75, 3.05) is 33.0 Å². The van der Waals surface area contributed by atoms with Crippen LogP contribution in [0, 0.1) is 0 Å². The fraction of sp³-hybridized carbons (Fsp3) is 0.400. The Morgan fingerprint density at radius 1 is 1.62 bits per heavy atom. The van der Waals surface area contributed by atoms with Gasteiger partial charge in [0.15, 0.2) is 0 Å². The molecule has 0 saturated heterocycles. The monoisotopic (exact) mass is 225 g/mol. The fourth-order valence-electron chi connectivity index (χ4n) is 1.04. The van der Waals surface area contributed by atoms with Gasteiger partial charge in [0.2, 0.25) is 5.88 Å². The van der Waals surface area contributed by atoms with E-state index in [9.17, 15) is 4.79 Å². The molecule has 1 aromatic heterocycles. The van der Waals surface area contributed by atoms with Crippen LogP contribution in [0.3, 0.4) is 0 Å². The summed E-state index contributed by atoms with van der Waals surface area (Å²) < 4.78 is 5.29. The zero-order valence-electron chi connectivity index (χ0n) is 9.30. The van der Waals surface area contributed by atoms with Crippen molar-refractivity contribution < 1.29 is 14.6 Å². The summed E-state index contributed by atoms with van der Waals surface area (Å²) in [5.74, 6) is -0.814. The number of nitrogens with zero attached hydrogens (tertiary/aromatic N) is 2. The molecule has 0 bridgehead atoms. The second kappa shape index (κ2) is 5.32. The van der Waals surface area contributed by atoms with Gasteiger partial charge >= 0.3 is 5.97 Å². The van der Waals surface area contributed by atoms with Crippen LogP contribution < -0.4 is 10.5 Å². The maximum absolute atomic E-state index is 10.8. The lowest BCUT2D eigenvalue weighted by molar-refractivity contribution is 0.0697. The number of hydrogen-bond acceptors (Lipinski definition) is 5. The molecular formula is C10H15N3O3. The Balaban J connectivity index is 2.68. The van der Waals surface area contributed by atoms with Crippen LogP contribution in [0.25, 0.3) is 0 Å². The first-order valence-corrected chi connectivity index (χ1v) is 4.77. The van der Waals surface area contributed by atoms with Crippen molar-refractivity contribution >= 4 is 11.7 Å². The number of aromatic nitrogens is 1. The van der Waals surface area contributed by atoms with Gasteiger partial charge in [0.1, 0.15) is 6.61 Å². The minimum Gasteiger partial charge on any atom is -0.478 e. The van der Waals surface area contributed by atoms with Gasteiger partial charge < -0.3 is 20.5 Å². The Labute approximate surface area is 93.6 Å². The van der Waals surface area contributed by atoms with E-state index in [-0.39, 0.29) is 17.1 Å². The number of nitrogen functional groups attached to an aromatic ring is 1. The molecule has 0 aliphatic rings. The standard InChI is InChI=1S/C10H15N3O3/c1-13(2)3-4-16-9-5-7(10(14)15)8(11)6-12-9/h5-6H,3-4,11H2,1-2H3,(H,14,15). The predicted molar refractivity (Wildman–Crippen MR) is 59.7 cm³/mol. The van der Waals surface area contributed by atoms with Crippen LogP contribution in [0.5, 0.6) is 5.88 Å². The van der Waals surface area contributed by atoms with E-state index < -0.39 is 5.97 Å². The smallest absolute Gasteiger partial charge is 0.338 e. The average molecular weight is 225 g/mol. The molecule has 3 N–H and O–H groups in total. The number of carbonyl (C=O) groups is 1. The third-order valence-corrected chi connectivity index (χ3v) is 1.93. The molecule has 0 spiro atoms. The van der Waals surface area contributed by atoms with Gasteiger partial charge in [0.05, 0.1) is 17.4 Å². The molecule has 88 valence electrons. The van der Waals surface area contributed by atoms with Gasteiger partial charge in [-0.05, 0) is 14.1 Å². The second-order valence-corrected chi connectivity index (χ2v) is 3.57. The van der Waals surface area contributed by atoms with E-state index >= 15 is 0 Å². The Morgan fingerprint density at radius 2 is 2.31 bits per heavy atom. The van der Waals surface area contributed by atoms with Crippen LogP contribution in [0.2, 0.25) is 0 Å². The van der Waals surface area contributed by atoms with Crippen molar-refractivity contribution in [1.82, 2.24) is 9.88 Å². The Morgan fingerprint density at radius 3 is 2.88 bits per heavy atom. The third-order valence-electron chi connectivity index (χ3n) is 1.93. The number of hydrogen-bond donors (Lipinski definition) is 2. The van der Waals surface area contributed by atoms with Gasteiger partial charge in [-0.1, -0.05) is 0 Å². The summed E-state index contributed by atoms with van der Waals surface area (Å²) >= 11 is 0. The number of carboxylic acid groups (broad SMARTS) is 1. The number of likely N-dealkylation sites (N-methyl/N-ethyl adjacent to an activating group) is 1. The summed E-state index contributed by atoms with van der Waals surface area (Å²) in [6, 6.07) is 1.33. The molecule has 6 nitrogen and oxygen atoms in total. The molecule has 0 fully saturated rings. The van der Waals surface area contributed by atoms with Crippen LogP contribution in [0.1, 0.15) is 10.4 Å². The first kappa shape index (κ1) is 12.3. The summed E-state index contributed by atoms with van der Waals surface area (Å²) in [6.07, 6.45) is 1.29. The summed E-state index contributed by atoms with van der Waals surface area (Å²) in [5.41, 5.74) is 5.60. The lowest BCUT2D eigenvalue weighted by atomic mass is 10.2. The normalized spacial score (nSPS) is 10.4. The zero-order valence-corrected chi connectivity index (χ0v) is 9.30. The van der Waals surface area contributed by atoms with Crippen molar-refractivity contribution in [1.29, 1.82) is 0 Å². The average Bonchev–Trinajstić information content (AvgIpc) is 2.19. The van der Waals surface area contributed by atoms with Crippen LogP contribution in [-0.2, 0) is 0 Å². The molecule has 0 aliphatic carbocycles. The summed E-state index contributed by atoms with van der Waals surface area (Å²) in [5, 5.41) is 8.83. The Kier molecular flexibility index (Phi) is 4.07. The highest BCUT2D eigenvalue weighted by Crippen LogP contribution is 2.16. The number of rotatable bonds is 5. The van der Waals surface area contributed by atoms with Gasteiger partial charge in [0.25, 0.3) is 0 Å². The van der Waals surface area contributed by atoms with Gasteiger partial charge in [-0.15, -0.1) is 0 Å². The van der Waals surface area contributed by atoms with E-state index in [1.807, 2.05) is 19.0 Å². The van der Waals surface area contributed by atoms with Crippen molar-refractivity contribution in [2.45, 2.75) is 0 Å². The number of anilines is 1. The SMILES string of the molecule is CN(C)CCOc1cc(C(=O)O)c(N)cn1. The van der Waals surface area contributed by atoms with Crippen LogP contribution in [0.4, 0.5) is 5.69 Å². The number of carboxylic acids is 1. The topological polar surface area (TPSA) is 88.7 Å². The summed E-state index contributed by atoms with van der Waals surface area (Å²) in [4.78, 5) is 16.6. The fourth-order valence-corrected chi connectivity index (χ4v) is 1.04. The molecule has 0 radical (unpaired) electrons. The quantitative estimate of drug-likeness (QED) is 0.749. The lowest BCUT2D eigenvalue weighted by Gasteiger charge is -2.10. The molecule has 1 rings (SSSR count). The van der Waals surface area contributed by atoms with E-state index in [2.05, 4.69) is 4.98 Å². The molecule has 0 unspecified atom stereocenters. The highest BCUT2D eigenvalue weighted by molar-refractivity contribution is 5.93. The summed E-state index contributed by atoms with van der Waals surface area (Å²) in [6.45, 7) is 1.18. The van der Waals surface area contributed by atoms with Crippen molar-refractivity contribution in [3.8, 4) is 5.88 Å². The molecule has 0 saturated carbocycles. The first-order valence-electron chi connectivity index (χ1n) is 4.77. The molecule has 0 aliphatic heterocycles. The van der Waals surface area contributed by atoms with E-state index in [1.54, 1.807) is 0 Å². The number of pyridine rings is 1. The summed E-state index contributed by atoms with van der Waals surface area (Å²) in [7, 11) is 3.84. The van der Waals surface area contributed by atoms with Crippen LogP contribution in [-0.4, -0.2) is 48.2 Å². The second-order valence-electron chi connectivity index (χ2n) is 3.57. The molecule has 1 aromatic rings. The lowest BCUT2D eigenvalue weighted by Crippen LogP contribution is -2.19. The van der Waals surface area contributed by atoms with E-state index in [4.69, 9.17) is 15.6 Å². The van der Waals surface area contributed by atoms with E-state index in [1.165, 1.54) is 12.3 Å². The minimum absolute atomic E-state index is 0.00912. The van der Waals surface area contributed by atoms with Crippen LogP contribution in [0.15, 0.2) is 12.3 Å². The molecule has 0 amide bonds. The van der Waals surface area contributed by atoms with Gasteiger partial charge in [-0.25, -0.2) is 9.78 Å². The maximum Gasteiger partial charge on any atom is 0.338 e.